The highest BCUT2D eigenvalue weighted by Gasteiger charge is 2.31. The largest absolute Gasteiger partial charge is 0.454 e. The molecular weight excluding hydrogens is 238 g/mol. The Morgan fingerprint density at radius 1 is 1.26 bits per heavy atom. The summed E-state index contributed by atoms with van der Waals surface area (Å²) in [6, 6.07) is 6.40. The molecule has 1 unspecified atom stereocenters. The standard InChI is InChI=1S/C16H21NO2/c1-17-10-9-16(7-3-2-4-8-16)13-5-6-14-15(11-13)19-12-18-14/h3,5-7,11,17H,2,4,8-10,12H2,1H3. The van der Waals surface area contributed by atoms with Gasteiger partial charge in [0.25, 0.3) is 0 Å². The maximum Gasteiger partial charge on any atom is 0.231 e. The second-order valence-corrected chi connectivity index (χ2v) is 5.37. The number of hydrogen-bond acceptors (Lipinski definition) is 3. The Balaban J connectivity index is 1.94. The fourth-order valence-electron chi connectivity index (χ4n) is 3.08. The number of allylic oxidation sites excluding steroid dienone is 2. The van der Waals surface area contributed by atoms with E-state index >= 15 is 0 Å². The van der Waals surface area contributed by atoms with E-state index in [1.165, 1.54) is 24.8 Å². The summed E-state index contributed by atoms with van der Waals surface area (Å²) in [6.07, 6.45) is 9.51. The number of ether oxygens (including phenoxy) is 2. The van der Waals surface area contributed by atoms with Gasteiger partial charge < -0.3 is 14.8 Å². The van der Waals surface area contributed by atoms with Gasteiger partial charge in [0.1, 0.15) is 0 Å². The van der Waals surface area contributed by atoms with E-state index < -0.39 is 0 Å². The molecule has 0 radical (unpaired) electrons. The molecule has 1 N–H and O–H groups in total. The van der Waals surface area contributed by atoms with Crippen LogP contribution in [0.4, 0.5) is 0 Å². The quantitative estimate of drug-likeness (QED) is 0.843. The topological polar surface area (TPSA) is 30.5 Å². The number of nitrogens with one attached hydrogen (secondary N) is 1. The summed E-state index contributed by atoms with van der Waals surface area (Å²) in [6.45, 7) is 1.37. The Kier molecular flexibility index (Phi) is 3.47. The Labute approximate surface area is 114 Å². The van der Waals surface area contributed by atoms with E-state index in [-0.39, 0.29) is 5.41 Å². The van der Waals surface area contributed by atoms with Crippen molar-refractivity contribution >= 4 is 0 Å². The van der Waals surface area contributed by atoms with E-state index in [4.69, 9.17) is 9.47 Å². The van der Waals surface area contributed by atoms with Gasteiger partial charge >= 0.3 is 0 Å². The van der Waals surface area contributed by atoms with Gasteiger partial charge in [0, 0.05) is 5.41 Å². The van der Waals surface area contributed by atoms with Gasteiger partial charge in [-0.3, -0.25) is 0 Å². The fraction of sp³-hybridized carbons (Fsp3) is 0.500. The van der Waals surface area contributed by atoms with Crippen LogP contribution in [0.25, 0.3) is 0 Å². The molecule has 1 aliphatic heterocycles. The monoisotopic (exact) mass is 259 g/mol. The Hall–Kier alpha value is -1.48. The molecule has 1 aliphatic carbocycles. The first-order valence-corrected chi connectivity index (χ1v) is 7.06. The molecule has 0 saturated heterocycles. The first kappa shape index (κ1) is 12.5. The van der Waals surface area contributed by atoms with Crippen molar-refractivity contribution in [1.82, 2.24) is 5.32 Å². The van der Waals surface area contributed by atoms with Crippen LogP contribution in [0, 0.1) is 0 Å². The van der Waals surface area contributed by atoms with E-state index in [2.05, 4.69) is 29.6 Å². The van der Waals surface area contributed by atoms with Crippen LogP contribution in [-0.2, 0) is 5.41 Å². The van der Waals surface area contributed by atoms with E-state index in [9.17, 15) is 0 Å². The second kappa shape index (κ2) is 5.25. The smallest absolute Gasteiger partial charge is 0.231 e. The van der Waals surface area contributed by atoms with Crippen LogP contribution in [0.1, 0.15) is 31.2 Å². The number of benzene rings is 1. The molecule has 3 heteroatoms. The third-order valence-corrected chi connectivity index (χ3v) is 4.20. The molecule has 1 aromatic carbocycles. The predicted molar refractivity (Wildman–Crippen MR) is 75.8 cm³/mol. The number of rotatable bonds is 4. The van der Waals surface area contributed by atoms with Crippen LogP contribution in [0.5, 0.6) is 11.5 Å². The van der Waals surface area contributed by atoms with Crippen molar-refractivity contribution in [1.29, 1.82) is 0 Å². The van der Waals surface area contributed by atoms with Crippen LogP contribution in [0.3, 0.4) is 0 Å². The highest BCUT2D eigenvalue weighted by molar-refractivity contribution is 5.48. The van der Waals surface area contributed by atoms with Crippen molar-refractivity contribution in [2.75, 3.05) is 20.4 Å². The molecule has 3 rings (SSSR count). The third-order valence-electron chi connectivity index (χ3n) is 4.20. The molecule has 1 heterocycles. The Bertz CT molecular complexity index is 484. The molecule has 0 bridgehead atoms. The highest BCUT2D eigenvalue weighted by Crippen LogP contribution is 2.42. The van der Waals surface area contributed by atoms with E-state index in [1.807, 2.05) is 13.1 Å². The lowest BCUT2D eigenvalue weighted by atomic mass is 9.71. The van der Waals surface area contributed by atoms with Gasteiger partial charge in [0.15, 0.2) is 11.5 Å². The lowest BCUT2D eigenvalue weighted by molar-refractivity contribution is 0.174. The van der Waals surface area contributed by atoms with Gasteiger partial charge in [-0.05, 0) is 57.0 Å². The average molecular weight is 259 g/mol. The van der Waals surface area contributed by atoms with Gasteiger partial charge in [0.2, 0.25) is 6.79 Å². The van der Waals surface area contributed by atoms with Crippen LogP contribution >= 0.6 is 0 Å². The summed E-state index contributed by atoms with van der Waals surface area (Å²) in [5.74, 6) is 1.76. The van der Waals surface area contributed by atoms with Gasteiger partial charge in [-0.2, -0.15) is 0 Å². The molecule has 0 aromatic heterocycles. The molecule has 0 fully saturated rings. The normalized spacial score (nSPS) is 24.7. The van der Waals surface area contributed by atoms with Crippen LogP contribution in [0.2, 0.25) is 0 Å². The molecular formula is C16H21NO2. The van der Waals surface area contributed by atoms with Gasteiger partial charge in [-0.1, -0.05) is 18.2 Å². The fourth-order valence-corrected chi connectivity index (χ4v) is 3.08. The predicted octanol–water partition coefficient (Wildman–Crippen LogP) is 3.00. The number of fused-ring (bicyclic) bond motifs is 1. The molecule has 0 amide bonds. The van der Waals surface area contributed by atoms with Crippen LogP contribution in [-0.4, -0.2) is 20.4 Å². The van der Waals surface area contributed by atoms with Crippen molar-refractivity contribution in [3.8, 4) is 11.5 Å². The van der Waals surface area contributed by atoms with Crippen molar-refractivity contribution in [2.45, 2.75) is 31.1 Å². The van der Waals surface area contributed by atoms with Gasteiger partial charge in [-0.15, -0.1) is 0 Å². The Morgan fingerprint density at radius 3 is 2.95 bits per heavy atom. The lowest BCUT2D eigenvalue weighted by Gasteiger charge is -2.34. The van der Waals surface area contributed by atoms with Gasteiger partial charge in [-0.25, -0.2) is 0 Å². The molecule has 3 nitrogen and oxygen atoms in total. The van der Waals surface area contributed by atoms with Crippen LogP contribution < -0.4 is 14.8 Å². The summed E-state index contributed by atoms with van der Waals surface area (Å²) in [5, 5.41) is 3.27. The lowest BCUT2D eigenvalue weighted by Crippen LogP contribution is -2.29. The molecule has 19 heavy (non-hydrogen) atoms. The minimum absolute atomic E-state index is 0.155. The maximum atomic E-state index is 5.52. The molecule has 1 aromatic rings. The van der Waals surface area contributed by atoms with Crippen molar-refractivity contribution < 1.29 is 9.47 Å². The van der Waals surface area contributed by atoms with Gasteiger partial charge in [0.05, 0.1) is 0 Å². The second-order valence-electron chi connectivity index (χ2n) is 5.37. The van der Waals surface area contributed by atoms with E-state index in [0.717, 1.165) is 24.5 Å². The van der Waals surface area contributed by atoms with E-state index in [1.54, 1.807) is 0 Å². The highest BCUT2D eigenvalue weighted by atomic mass is 16.7. The first-order valence-electron chi connectivity index (χ1n) is 7.06. The zero-order valence-electron chi connectivity index (χ0n) is 11.4. The summed E-state index contributed by atoms with van der Waals surface area (Å²) < 4.78 is 10.9. The summed E-state index contributed by atoms with van der Waals surface area (Å²) >= 11 is 0. The summed E-state index contributed by atoms with van der Waals surface area (Å²) in [5.41, 5.74) is 1.50. The minimum atomic E-state index is 0.155. The average Bonchev–Trinajstić information content (AvgIpc) is 2.93. The molecule has 0 spiro atoms. The summed E-state index contributed by atoms with van der Waals surface area (Å²) in [4.78, 5) is 0. The molecule has 1 atom stereocenters. The number of hydrogen-bond donors (Lipinski definition) is 1. The SMILES string of the molecule is CNCCC1(c2ccc3c(c2)OCO3)C=CCCC1. The molecule has 0 saturated carbocycles. The van der Waals surface area contributed by atoms with Crippen molar-refractivity contribution in [3.63, 3.8) is 0 Å². The van der Waals surface area contributed by atoms with E-state index in [0.29, 0.717) is 6.79 Å². The van der Waals surface area contributed by atoms with Crippen LogP contribution in [0.15, 0.2) is 30.4 Å². The molecule has 102 valence electrons. The zero-order valence-corrected chi connectivity index (χ0v) is 11.4. The summed E-state index contributed by atoms with van der Waals surface area (Å²) in [7, 11) is 2.01. The minimum Gasteiger partial charge on any atom is -0.454 e. The third kappa shape index (κ3) is 2.35. The molecule has 2 aliphatic rings. The first-order chi connectivity index (χ1) is 9.34. The van der Waals surface area contributed by atoms with Crippen molar-refractivity contribution in [2.24, 2.45) is 0 Å². The zero-order chi connectivity index (χ0) is 13.1. The Morgan fingerprint density at radius 2 is 2.16 bits per heavy atom. The maximum absolute atomic E-state index is 5.52. The van der Waals surface area contributed by atoms with Crippen molar-refractivity contribution in [3.05, 3.63) is 35.9 Å².